The average molecular weight is 418 g/mol. The molecule has 1 aliphatic rings. The number of carbonyl (C=O) groups excluding carboxylic acids is 2. The van der Waals surface area contributed by atoms with Gasteiger partial charge in [0.2, 0.25) is 5.91 Å². The molecule has 0 aliphatic carbocycles. The summed E-state index contributed by atoms with van der Waals surface area (Å²) in [6.07, 6.45) is 1.29. The van der Waals surface area contributed by atoms with Crippen LogP contribution in [0.5, 0.6) is 0 Å². The topological polar surface area (TPSA) is 71.5 Å². The average Bonchev–Trinajstić information content (AvgIpc) is 3.19. The minimum Gasteiger partial charge on any atom is -0.444 e. The second kappa shape index (κ2) is 8.38. The van der Waals surface area contributed by atoms with Gasteiger partial charge in [0.05, 0.1) is 5.92 Å². The Morgan fingerprint density at radius 2 is 1.71 bits per heavy atom. The van der Waals surface area contributed by atoms with Crippen molar-refractivity contribution < 1.29 is 14.3 Å². The molecule has 1 fully saturated rings. The first kappa shape index (κ1) is 20.8. The summed E-state index contributed by atoms with van der Waals surface area (Å²) in [6, 6.07) is 19.6. The molecule has 31 heavy (non-hydrogen) atoms. The molecule has 0 bridgehead atoms. The Morgan fingerprint density at radius 3 is 2.45 bits per heavy atom. The number of amides is 2. The van der Waals surface area contributed by atoms with E-state index in [1.165, 1.54) is 0 Å². The quantitative estimate of drug-likeness (QED) is 0.663. The number of ether oxygens (including phenoxy) is 1. The van der Waals surface area contributed by atoms with Gasteiger partial charge in [-0.05, 0) is 37.8 Å². The molecule has 1 aromatic heterocycles. The van der Waals surface area contributed by atoms with E-state index >= 15 is 0 Å². The van der Waals surface area contributed by atoms with Crippen LogP contribution in [0.3, 0.4) is 0 Å². The molecular formula is C25H27N3O3. The van der Waals surface area contributed by atoms with Crippen LogP contribution in [0, 0.1) is 5.92 Å². The number of nitrogens with one attached hydrogen (secondary N) is 1. The molecule has 4 rings (SSSR count). The summed E-state index contributed by atoms with van der Waals surface area (Å²) in [6.45, 7) is 6.25. The molecule has 160 valence electrons. The molecule has 2 unspecified atom stereocenters. The molecule has 0 spiro atoms. The highest BCUT2D eigenvalue weighted by molar-refractivity contribution is 6.01. The highest BCUT2D eigenvalue weighted by atomic mass is 16.6. The zero-order valence-electron chi connectivity index (χ0n) is 18.0. The molecule has 1 N–H and O–H groups in total. The monoisotopic (exact) mass is 417 g/mol. The van der Waals surface area contributed by atoms with Crippen LogP contribution in [0.4, 0.5) is 10.6 Å². The number of carbonyl (C=O) groups is 2. The molecular weight excluding hydrogens is 390 g/mol. The standard InChI is InChI=1S/C25H27N3O3/c1-25(2,3)31-24(30)28-15-20(17-9-5-4-6-10-17)21(16-28)23(29)27-22-19-12-8-7-11-18(19)13-14-26-22/h4-14,20-21H,15-16H2,1-3H3,(H,26,27,29). The summed E-state index contributed by atoms with van der Waals surface area (Å²) >= 11 is 0. The zero-order valence-corrected chi connectivity index (χ0v) is 18.0. The number of pyridine rings is 1. The molecule has 3 aromatic rings. The van der Waals surface area contributed by atoms with Gasteiger partial charge in [-0.25, -0.2) is 9.78 Å². The molecule has 0 saturated carbocycles. The number of likely N-dealkylation sites (tertiary alicyclic amines) is 1. The maximum Gasteiger partial charge on any atom is 0.410 e. The third kappa shape index (κ3) is 4.68. The minimum atomic E-state index is -0.591. The van der Waals surface area contributed by atoms with Crippen molar-refractivity contribution in [2.75, 3.05) is 18.4 Å². The van der Waals surface area contributed by atoms with Crippen molar-refractivity contribution in [3.05, 3.63) is 72.4 Å². The Kier molecular flexibility index (Phi) is 5.63. The van der Waals surface area contributed by atoms with Crippen LogP contribution in [0.2, 0.25) is 0 Å². The maximum absolute atomic E-state index is 13.4. The Balaban J connectivity index is 1.60. The lowest BCUT2D eigenvalue weighted by Crippen LogP contribution is -2.36. The lowest BCUT2D eigenvalue weighted by Gasteiger charge is -2.24. The van der Waals surface area contributed by atoms with Gasteiger partial charge in [-0.3, -0.25) is 4.79 Å². The molecule has 0 radical (unpaired) electrons. The fourth-order valence-electron chi connectivity index (χ4n) is 4.01. The Bertz CT molecular complexity index is 1090. The Morgan fingerprint density at radius 1 is 1.00 bits per heavy atom. The first-order valence-corrected chi connectivity index (χ1v) is 10.5. The molecule has 6 heteroatoms. The Labute approximate surface area is 182 Å². The van der Waals surface area contributed by atoms with Gasteiger partial charge in [-0.2, -0.15) is 0 Å². The minimum absolute atomic E-state index is 0.122. The lowest BCUT2D eigenvalue weighted by molar-refractivity contribution is -0.119. The van der Waals surface area contributed by atoms with E-state index in [1.54, 1.807) is 11.1 Å². The number of aromatic nitrogens is 1. The summed E-state index contributed by atoms with van der Waals surface area (Å²) in [4.78, 5) is 32.1. The van der Waals surface area contributed by atoms with Crippen LogP contribution >= 0.6 is 0 Å². The predicted octanol–water partition coefficient (Wildman–Crippen LogP) is 4.82. The molecule has 2 atom stereocenters. The largest absolute Gasteiger partial charge is 0.444 e. The summed E-state index contributed by atoms with van der Waals surface area (Å²) < 4.78 is 5.55. The second-order valence-corrected chi connectivity index (χ2v) is 8.88. The highest BCUT2D eigenvalue weighted by Crippen LogP contribution is 2.34. The second-order valence-electron chi connectivity index (χ2n) is 8.88. The van der Waals surface area contributed by atoms with Gasteiger partial charge in [0.15, 0.2) is 0 Å². The number of benzene rings is 2. The van der Waals surface area contributed by atoms with Crippen molar-refractivity contribution >= 4 is 28.6 Å². The van der Waals surface area contributed by atoms with Gasteiger partial charge in [0.1, 0.15) is 11.4 Å². The molecule has 6 nitrogen and oxygen atoms in total. The van der Waals surface area contributed by atoms with E-state index in [1.807, 2.05) is 81.4 Å². The van der Waals surface area contributed by atoms with E-state index in [2.05, 4.69) is 10.3 Å². The van der Waals surface area contributed by atoms with Gasteiger partial charge in [-0.1, -0.05) is 54.6 Å². The van der Waals surface area contributed by atoms with Gasteiger partial charge in [0, 0.05) is 30.6 Å². The number of nitrogens with zero attached hydrogens (tertiary/aromatic N) is 2. The van der Waals surface area contributed by atoms with Crippen molar-refractivity contribution in [2.24, 2.45) is 5.92 Å². The van der Waals surface area contributed by atoms with E-state index < -0.39 is 17.6 Å². The van der Waals surface area contributed by atoms with Crippen LogP contribution < -0.4 is 5.32 Å². The van der Waals surface area contributed by atoms with Crippen molar-refractivity contribution in [1.29, 1.82) is 0 Å². The predicted molar refractivity (Wildman–Crippen MR) is 121 cm³/mol. The van der Waals surface area contributed by atoms with Crippen LogP contribution in [-0.4, -0.2) is 40.6 Å². The van der Waals surface area contributed by atoms with Gasteiger partial charge < -0.3 is 15.0 Å². The van der Waals surface area contributed by atoms with Gasteiger partial charge in [0.25, 0.3) is 0 Å². The van der Waals surface area contributed by atoms with Crippen LogP contribution in [0.15, 0.2) is 66.9 Å². The third-order valence-corrected chi connectivity index (χ3v) is 5.45. The van der Waals surface area contributed by atoms with E-state index in [0.717, 1.165) is 16.3 Å². The van der Waals surface area contributed by atoms with Gasteiger partial charge >= 0.3 is 6.09 Å². The van der Waals surface area contributed by atoms with Crippen molar-refractivity contribution in [1.82, 2.24) is 9.88 Å². The molecule has 2 amide bonds. The Hall–Kier alpha value is -3.41. The number of hydrogen-bond acceptors (Lipinski definition) is 4. The first-order valence-electron chi connectivity index (χ1n) is 10.5. The van der Waals surface area contributed by atoms with Crippen LogP contribution in [0.25, 0.3) is 10.8 Å². The number of hydrogen-bond donors (Lipinski definition) is 1. The van der Waals surface area contributed by atoms with E-state index in [-0.39, 0.29) is 11.8 Å². The maximum atomic E-state index is 13.4. The summed E-state index contributed by atoms with van der Waals surface area (Å²) in [5, 5.41) is 4.90. The SMILES string of the molecule is CC(C)(C)OC(=O)N1CC(C(=O)Nc2nccc3ccccc23)C(c2ccccc2)C1. The van der Waals surface area contributed by atoms with Crippen molar-refractivity contribution in [2.45, 2.75) is 32.3 Å². The zero-order chi connectivity index (χ0) is 22.0. The fourth-order valence-corrected chi connectivity index (χ4v) is 4.01. The normalized spacial score (nSPS) is 18.7. The molecule has 1 aliphatic heterocycles. The van der Waals surface area contributed by atoms with Gasteiger partial charge in [-0.15, -0.1) is 0 Å². The lowest BCUT2D eigenvalue weighted by atomic mass is 9.88. The van der Waals surface area contributed by atoms with E-state index in [0.29, 0.717) is 18.9 Å². The fraction of sp³-hybridized carbons (Fsp3) is 0.320. The molecule has 2 aromatic carbocycles. The summed E-state index contributed by atoms with van der Waals surface area (Å²) in [7, 11) is 0. The van der Waals surface area contributed by atoms with Crippen LogP contribution in [-0.2, 0) is 9.53 Å². The molecule has 1 saturated heterocycles. The molecule has 2 heterocycles. The third-order valence-electron chi connectivity index (χ3n) is 5.45. The number of rotatable bonds is 3. The summed E-state index contributed by atoms with van der Waals surface area (Å²) in [5.41, 5.74) is 0.437. The smallest absolute Gasteiger partial charge is 0.410 e. The number of fused-ring (bicyclic) bond motifs is 1. The number of anilines is 1. The van der Waals surface area contributed by atoms with E-state index in [9.17, 15) is 9.59 Å². The summed E-state index contributed by atoms with van der Waals surface area (Å²) in [5.74, 6) is -0.145. The van der Waals surface area contributed by atoms with E-state index in [4.69, 9.17) is 4.74 Å². The van der Waals surface area contributed by atoms with Crippen LogP contribution in [0.1, 0.15) is 32.3 Å². The first-order chi connectivity index (χ1) is 14.8. The van der Waals surface area contributed by atoms with Crippen molar-refractivity contribution in [3.63, 3.8) is 0 Å². The van der Waals surface area contributed by atoms with Crippen molar-refractivity contribution in [3.8, 4) is 0 Å². The highest BCUT2D eigenvalue weighted by Gasteiger charge is 2.41.